The second-order valence-corrected chi connectivity index (χ2v) is 9.36. The molecular weight excluding hydrogens is 468 g/mol. The fourth-order valence-electron chi connectivity index (χ4n) is 4.78. The zero-order valence-corrected chi connectivity index (χ0v) is 20.7. The summed E-state index contributed by atoms with van der Waals surface area (Å²) in [4.78, 5) is 39.1. The molecule has 0 bridgehead atoms. The second-order valence-electron chi connectivity index (χ2n) is 9.36. The quantitative estimate of drug-likeness (QED) is 0.305. The molecule has 9 heteroatoms. The van der Waals surface area contributed by atoms with Crippen molar-refractivity contribution in [2.24, 2.45) is 7.05 Å². The highest BCUT2D eigenvalue weighted by Crippen LogP contribution is 2.21. The molecule has 9 nitrogen and oxygen atoms in total. The minimum Gasteiger partial charge on any atom is -0.397 e. The molecule has 1 saturated heterocycles. The summed E-state index contributed by atoms with van der Waals surface area (Å²) in [5, 5.41) is 9.23. The van der Waals surface area contributed by atoms with Crippen molar-refractivity contribution in [2.45, 2.75) is 25.4 Å². The van der Waals surface area contributed by atoms with Gasteiger partial charge in [0, 0.05) is 25.2 Å². The average molecular weight is 499 g/mol. The molecule has 1 aromatic heterocycles. The molecule has 0 unspecified atom stereocenters. The predicted octanol–water partition coefficient (Wildman–Crippen LogP) is 2.70. The van der Waals surface area contributed by atoms with E-state index in [2.05, 4.69) is 16.0 Å². The summed E-state index contributed by atoms with van der Waals surface area (Å²) in [5.74, 6) is -0.464. The first-order valence-electron chi connectivity index (χ1n) is 12.4. The van der Waals surface area contributed by atoms with Crippen molar-refractivity contribution in [3.05, 3.63) is 93.9 Å². The van der Waals surface area contributed by atoms with Gasteiger partial charge in [-0.3, -0.25) is 18.7 Å². The zero-order chi connectivity index (χ0) is 25.9. The Morgan fingerprint density at radius 1 is 1.03 bits per heavy atom. The Morgan fingerprint density at radius 3 is 2.54 bits per heavy atom. The first-order valence-corrected chi connectivity index (χ1v) is 12.4. The summed E-state index contributed by atoms with van der Waals surface area (Å²) >= 11 is 0. The molecule has 0 aliphatic carbocycles. The number of imidazole rings is 1. The van der Waals surface area contributed by atoms with E-state index in [0.29, 0.717) is 33.5 Å². The summed E-state index contributed by atoms with van der Waals surface area (Å²) < 4.78 is 3.17. The Kier molecular flexibility index (Phi) is 6.78. The van der Waals surface area contributed by atoms with Crippen molar-refractivity contribution in [3.8, 4) is 0 Å². The van der Waals surface area contributed by atoms with E-state index in [-0.39, 0.29) is 30.1 Å². The highest BCUT2D eigenvalue weighted by molar-refractivity contribution is 6.06. The van der Waals surface area contributed by atoms with E-state index < -0.39 is 0 Å². The van der Waals surface area contributed by atoms with Crippen LogP contribution in [0.2, 0.25) is 0 Å². The monoisotopic (exact) mass is 498 g/mol. The second kappa shape index (κ2) is 10.3. The molecule has 0 spiro atoms. The number of piperidine rings is 1. The third kappa shape index (κ3) is 4.99. The predicted molar refractivity (Wildman–Crippen MR) is 145 cm³/mol. The van der Waals surface area contributed by atoms with Crippen molar-refractivity contribution in [3.63, 3.8) is 0 Å². The van der Waals surface area contributed by atoms with Crippen LogP contribution in [0.4, 0.5) is 11.4 Å². The van der Waals surface area contributed by atoms with Gasteiger partial charge in [-0.05, 0) is 61.3 Å². The van der Waals surface area contributed by atoms with Gasteiger partial charge in [0.2, 0.25) is 0 Å². The van der Waals surface area contributed by atoms with Crippen LogP contribution in [-0.2, 0) is 13.6 Å². The molecule has 1 atom stereocenters. The van der Waals surface area contributed by atoms with Crippen molar-refractivity contribution in [1.82, 2.24) is 19.8 Å². The van der Waals surface area contributed by atoms with Crippen LogP contribution in [0.15, 0.2) is 71.5 Å². The number of nitrogens with one attached hydrogen (secondary N) is 3. The van der Waals surface area contributed by atoms with E-state index in [4.69, 9.17) is 5.73 Å². The van der Waals surface area contributed by atoms with Gasteiger partial charge in [0.05, 0.1) is 34.5 Å². The fraction of sp³-hybridized carbons (Fsp3) is 0.250. The molecule has 0 radical (unpaired) electrons. The maximum atomic E-state index is 13.2. The van der Waals surface area contributed by atoms with Crippen LogP contribution in [0, 0.1) is 0 Å². The molecule has 2 heterocycles. The Morgan fingerprint density at radius 2 is 1.81 bits per heavy atom. The maximum Gasteiger partial charge on any atom is 0.329 e. The van der Waals surface area contributed by atoms with Crippen LogP contribution in [-0.4, -0.2) is 40.1 Å². The minimum absolute atomic E-state index is 0.0605. The van der Waals surface area contributed by atoms with Crippen molar-refractivity contribution in [2.75, 3.05) is 24.1 Å². The van der Waals surface area contributed by atoms with Crippen molar-refractivity contribution in [1.29, 1.82) is 0 Å². The number of nitrogen functional groups attached to an aromatic ring is 1. The van der Waals surface area contributed by atoms with Crippen molar-refractivity contribution < 1.29 is 9.59 Å². The normalized spacial score (nSPS) is 15.4. The van der Waals surface area contributed by atoms with Gasteiger partial charge in [-0.1, -0.05) is 30.3 Å². The Labute approximate surface area is 214 Å². The molecule has 2 amide bonds. The third-order valence-corrected chi connectivity index (χ3v) is 6.81. The number of nitrogens with zero attached hydrogens (tertiary/aromatic N) is 2. The van der Waals surface area contributed by atoms with Crippen LogP contribution < -0.4 is 27.4 Å². The van der Waals surface area contributed by atoms with E-state index in [1.54, 1.807) is 64.7 Å². The number of aromatic nitrogens is 2. The van der Waals surface area contributed by atoms with Crippen molar-refractivity contribution >= 4 is 34.2 Å². The number of benzene rings is 3. The molecular formula is C28H30N6O3. The number of amides is 2. The van der Waals surface area contributed by atoms with Gasteiger partial charge in [-0.2, -0.15) is 0 Å². The molecule has 5 N–H and O–H groups in total. The Bertz CT molecular complexity index is 1510. The Balaban J connectivity index is 1.40. The number of aryl methyl sites for hydroxylation is 1. The largest absolute Gasteiger partial charge is 0.397 e. The number of hydrogen-bond donors (Lipinski definition) is 4. The molecule has 4 aromatic rings. The SMILES string of the molecule is Cn1c(=O)n(Cc2ccc(C(=O)Nc3ccccc3N)cc2)c2c(C(=O)N[C@@H]3CCCNC3)cccc21. The van der Waals surface area contributed by atoms with Crippen LogP contribution in [0.25, 0.3) is 11.0 Å². The summed E-state index contributed by atoms with van der Waals surface area (Å²) in [7, 11) is 1.70. The number of hydrogen-bond acceptors (Lipinski definition) is 5. The first-order chi connectivity index (χ1) is 17.9. The van der Waals surface area contributed by atoms with E-state index in [0.717, 1.165) is 31.5 Å². The van der Waals surface area contributed by atoms with Crippen LogP contribution in [0.5, 0.6) is 0 Å². The van der Waals surface area contributed by atoms with Crippen LogP contribution in [0.1, 0.15) is 39.1 Å². The summed E-state index contributed by atoms with van der Waals surface area (Å²) in [6.07, 6.45) is 1.94. The smallest absolute Gasteiger partial charge is 0.329 e. The van der Waals surface area contributed by atoms with Crippen LogP contribution >= 0.6 is 0 Å². The zero-order valence-electron chi connectivity index (χ0n) is 20.7. The maximum absolute atomic E-state index is 13.2. The van der Waals surface area contributed by atoms with E-state index in [1.807, 2.05) is 18.2 Å². The number of carbonyl (C=O) groups excluding carboxylic acids is 2. The van der Waals surface area contributed by atoms with Gasteiger partial charge in [0.15, 0.2) is 0 Å². The third-order valence-electron chi connectivity index (χ3n) is 6.81. The molecule has 0 saturated carbocycles. The summed E-state index contributed by atoms with van der Waals surface area (Å²) in [6, 6.07) is 19.6. The molecule has 1 fully saturated rings. The number of rotatable bonds is 6. The van der Waals surface area contributed by atoms with Crippen LogP contribution in [0.3, 0.4) is 0 Å². The lowest BCUT2D eigenvalue weighted by Crippen LogP contribution is -2.45. The number of carbonyl (C=O) groups is 2. The molecule has 5 rings (SSSR count). The van der Waals surface area contributed by atoms with E-state index in [9.17, 15) is 14.4 Å². The lowest BCUT2D eigenvalue weighted by molar-refractivity contribution is 0.0931. The topological polar surface area (TPSA) is 123 Å². The molecule has 190 valence electrons. The van der Waals surface area contributed by atoms with E-state index >= 15 is 0 Å². The van der Waals surface area contributed by atoms with E-state index in [1.165, 1.54) is 0 Å². The van der Waals surface area contributed by atoms with Gasteiger partial charge in [0.1, 0.15) is 0 Å². The minimum atomic E-state index is -0.275. The van der Waals surface area contributed by atoms with Gasteiger partial charge in [-0.25, -0.2) is 4.79 Å². The number of fused-ring (bicyclic) bond motifs is 1. The molecule has 37 heavy (non-hydrogen) atoms. The number of anilines is 2. The summed E-state index contributed by atoms with van der Waals surface area (Å²) in [5.41, 5.74) is 9.81. The standard InChI is InChI=1S/C28H30N6O3/c1-33-24-10-4-7-21(27(36)31-20-6-5-15-30-16-20)25(24)34(28(33)37)17-18-11-13-19(14-12-18)26(35)32-23-9-3-2-8-22(23)29/h2-4,7-14,20,30H,5-6,15-17,29H2,1H3,(H,31,36)(H,32,35)/t20-/m1/s1. The van der Waals surface area contributed by atoms with Gasteiger partial charge in [-0.15, -0.1) is 0 Å². The lowest BCUT2D eigenvalue weighted by Gasteiger charge is -2.24. The fourth-order valence-corrected chi connectivity index (χ4v) is 4.78. The molecule has 3 aromatic carbocycles. The highest BCUT2D eigenvalue weighted by atomic mass is 16.2. The van der Waals surface area contributed by atoms with Gasteiger partial charge in [0.25, 0.3) is 11.8 Å². The number of para-hydroxylation sites is 3. The average Bonchev–Trinajstić information content (AvgIpc) is 3.16. The number of nitrogens with two attached hydrogens (primary N) is 1. The van der Waals surface area contributed by atoms with Gasteiger partial charge >= 0.3 is 5.69 Å². The lowest BCUT2D eigenvalue weighted by atomic mass is 10.1. The summed E-state index contributed by atoms with van der Waals surface area (Å²) in [6.45, 7) is 1.96. The first kappa shape index (κ1) is 24.3. The molecule has 1 aliphatic heterocycles. The molecule has 1 aliphatic rings. The highest BCUT2D eigenvalue weighted by Gasteiger charge is 2.22. The Hall–Kier alpha value is -4.37. The van der Waals surface area contributed by atoms with Gasteiger partial charge < -0.3 is 21.7 Å².